The summed E-state index contributed by atoms with van der Waals surface area (Å²) in [4.78, 5) is 12.0. The molecule has 23 heavy (non-hydrogen) atoms. The van der Waals surface area contributed by atoms with Crippen LogP contribution in [0.4, 0.5) is 0 Å². The van der Waals surface area contributed by atoms with E-state index in [1.54, 1.807) is 0 Å². The molecular formula is C21H32O2. The number of allylic oxidation sites excluding steroid dienone is 1. The van der Waals surface area contributed by atoms with Crippen molar-refractivity contribution in [2.24, 2.45) is 34.5 Å². The summed E-state index contributed by atoms with van der Waals surface area (Å²) in [5, 5.41) is 11.0. The first kappa shape index (κ1) is 15.9. The Hall–Kier alpha value is -0.630. The van der Waals surface area contributed by atoms with Gasteiger partial charge in [-0.2, -0.15) is 0 Å². The molecule has 128 valence electrons. The fraction of sp³-hybridized carbons (Fsp3) is 0.857. The third-order valence-corrected chi connectivity index (χ3v) is 8.84. The molecule has 7 atom stereocenters. The second kappa shape index (κ2) is 4.71. The molecule has 0 aromatic heterocycles. The molecule has 3 fully saturated rings. The van der Waals surface area contributed by atoms with E-state index in [9.17, 15) is 9.90 Å². The lowest BCUT2D eigenvalue weighted by Crippen LogP contribution is -2.55. The number of aliphatic hydroxyl groups is 1. The molecule has 0 aromatic carbocycles. The third kappa shape index (κ3) is 1.94. The van der Waals surface area contributed by atoms with Crippen LogP contribution in [-0.4, -0.2) is 16.5 Å². The number of rotatable bonds is 0. The Balaban J connectivity index is 1.74. The van der Waals surface area contributed by atoms with E-state index < -0.39 is 5.60 Å². The van der Waals surface area contributed by atoms with Gasteiger partial charge in [0, 0.05) is 6.42 Å². The quantitative estimate of drug-likeness (QED) is 0.713. The Morgan fingerprint density at radius 2 is 1.78 bits per heavy atom. The topological polar surface area (TPSA) is 37.3 Å². The molecule has 1 N–H and O–H groups in total. The number of hydrogen-bond donors (Lipinski definition) is 1. The summed E-state index contributed by atoms with van der Waals surface area (Å²) in [6.45, 7) is 9.20. The number of hydrogen-bond acceptors (Lipinski definition) is 2. The van der Waals surface area contributed by atoms with Crippen molar-refractivity contribution in [2.45, 2.75) is 78.2 Å². The third-order valence-electron chi connectivity index (χ3n) is 8.84. The Morgan fingerprint density at radius 1 is 1.09 bits per heavy atom. The van der Waals surface area contributed by atoms with Gasteiger partial charge < -0.3 is 5.11 Å². The van der Waals surface area contributed by atoms with Crippen LogP contribution in [-0.2, 0) is 4.79 Å². The van der Waals surface area contributed by atoms with Gasteiger partial charge in [-0.1, -0.05) is 26.3 Å². The minimum absolute atomic E-state index is 0.0932. The second-order valence-electron chi connectivity index (χ2n) is 9.77. The molecule has 0 radical (unpaired) electrons. The van der Waals surface area contributed by atoms with Crippen molar-refractivity contribution >= 4 is 5.78 Å². The minimum Gasteiger partial charge on any atom is -0.390 e. The van der Waals surface area contributed by atoms with Gasteiger partial charge >= 0.3 is 0 Å². The van der Waals surface area contributed by atoms with Crippen LogP contribution < -0.4 is 0 Å². The van der Waals surface area contributed by atoms with Gasteiger partial charge in [0.1, 0.15) is 0 Å². The van der Waals surface area contributed by atoms with E-state index in [4.69, 9.17) is 0 Å². The SMILES string of the molecule is C[C@@H]1C[C@@H]2[C@H](CC[C@@]3(C)[C@H]2CC[C@]3(C)O)[C@@]2(C)CCC(=O)C=C12. The molecule has 2 heteroatoms. The van der Waals surface area contributed by atoms with Crippen LogP contribution in [0.3, 0.4) is 0 Å². The van der Waals surface area contributed by atoms with Gasteiger partial charge in [-0.3, -0.25) is 4.79 Å². The average Bonchev–Trinajstić information content (AvgIpc) is 2.72. The fourth-order valence-electron chi connectivity index (χ4n) is 7.23. The molecule has 0 bridgehead atoms. The average molecular weight is 316 g/mol. The monoisotopic (exact) mass is 316 g/mol. The zero-order valence-electron chi connectivity index (χ0n) is 15.2. The van der Waals surface area contributed by atoms with Crippen molar-refractivity contribution < 1.29 is 9.90 Å². The van der Waals surface area contributed by atoms with Gasteiger partial charge in [-0.05, 0) is 86.0 Å². The van der Waals surface area contributed by atoms with Crippen LogP contribution in [0.25, 0.3) is 0 Å². The summed E-state index contributed by atoms with van der Waals surface area (Å²) in [5.74, 6) is 2.97. The van der Waals surface area contributed by atoms with Gasteiger partial charge in [0.2, 0.25) is 0 Å². The van der Waals surface area contributed by atoms with Gasteiger partial charge in [0.25, 0.3) is 0 Å². The van der Waals surface area contributed by atoms with Crippen molar-refractivity contribution in [2.75, 3.05) is 0 Å². The van der Waals surface area contributed by atoms with Crippen LogP contribution in [0.2, 0.25) is 0 Å². The molecular weight excluding hydrogens is 284 g/mol. The van der Waals surface area contributed by atoms with Crippen LogP contribution in [0.15, 0.2) is 11.6 Å². The molecule has 0 spiro atoms. The maximum absolute atomic E-state index is 12.0. The summed E-state index contributed by atoms with van der Waals surface area (Å²) < 4.78 is 0. The first-order chi connectivity index (χ1) is 10.7. The standard InChI is InChI=1S/C21H32O2/c1-13-11-15-16(19(2)8-5-14(22)12-18(13)19)6-9-20(3)17(15)7-10-21(20,4)23/h12-13,15-17,23H,5-11H2,1-4H3/t13-,15-,16+,17+,19-,20+,21+/m1/s1. The predicted molar refractivity (Wildman–Crippen MR) is 91.9 cm³/mol. The normalized spacial score (nSPS) is 55.7. The van der Waals surface area contributed by atoms with E-state index in [2.05, 4.69) is 27.7 Å². The van der Waals surface area contributed by atoms with Crippen molar-refractivity contribution in [1.29, 1.82) is 0 Å². The summed E-state index contributed by atoms with van der Waals surface area (Å²) in [5.41, 5.74) is 1.27. The lowest BCUT2D eigenvalue weighted by molar-refractivity contribution is -0.127. The first-order valence-corrected chi connectivity index (χ1v) is 9.66. The van der Waals surface area contributed by atoms with Crippen molar-refractivity contribution in [3.63, 3.8) is 0 Å². The Morgan fingerprint density at radius 3 is 2.52 bits per heavy atom. The molecule has 0 unspecified atom stereocenters. The highest BCUT2D eigenvalue weighted by Gasteiger charge is 2.63. The number of ketones is 1. The molecule has 0 heterocycles. The molecule has 2 nitrogen and oxygen atoms in total. The van der Waals surface area contributed by atoms with E-state index in [-0.39, 0.29) is 10.8 Å². The number of fused-ring (bicyclic) bond motifs is 5. The van der Waals surface area contributed by atoms with E-state index in [0.29, 0.717) is 23.5 Å². The molecule has 4 rings (SSSR count). The molecule has 0 aliphatic heterocycles. The molecule has 0 amide bonds. The van der Waals surface area contributed by atoms with E-state index >= 15 is 0 Å². The number of carbonyl (C=O) groups is 1. The Kier molecular flexibility index (Phi) is 3.25. The number of carbonyl (C=O) groups excluding carboxylic acids is 1. The van der Waals surface area contributed by atoms with Crippen molar-refractivity contribution in [3.8, 4) is 0 Å². The van der Waals surface area contributed by atoms with Gasteiger partial charge in [0.15, 0.2) is 5.78 Å². The van der Waals surface area contributed by atoms with Crippen molar-refractivity contribution in [3.05, 3.63) is 11.6 Å². The van der Waals surface area contributed by atoms with E-state index in [0.717, 1.165) is 31.6 Å². The fourth-order valence-corrected chi connectivity index (χ4v) is 7.23. The highest BCUT2D eigenvalue weighted by Crippen LogP contribution is 2.68. The van der Waals surface area contributed by atoms with Crippen molar-refractivity contribution in [1.82, 2.24) is 0 Å². The van der Waals surface area contributed by atoms with Gasteiger partial charge in [-0.25, -0.2) is 0 Å². The van der Waals surface area contributed by atoms with Crippen LogP contribution in [0.5, 0.6) is 0 Å². The highest BCUT2D eigenvalue weighted by atomic mass is 16.3. The lowest BCUT2D eigenvalue weighted by Gasteiger charge is -2.60. The molecule has 0 saturated heterocycles. The molecule has 4 aliphatic carbocycles. The Bertz CT molecular complexity index is 574. The molecule has 4 aliphatic rings. The predicted octanol–water partition coefficient (Wildman–Crippen LogP) is 4.52. The zero-order chi connectivity index (χ0) is 16.6. The van der Waals surface area contributed by atoms with Crippen LogP contribution in [0, 0.1) is 34.5 Å². The summed E-state index contributed by atoms with van der Waals surface area (Å²) in [6.07, 6.45) is 9.52. The Labute approximate surface area is 140 Å². The van der Waals surface area contributed by atoms with Gasteiger partial charge in [0.05, 0.1) is 5.60 Å². The van der Waals surface area contributed by atoms with Crippen LogP contribution >= 0.6 is 0 Å². The maximum atomic E-state index is 12.0. The highest BCUT2D eigenvalue weighted by molar-refractivity contribution is 5.91. The van der Waals surface area contributed by atoms with E-state index in [1.807, 2.05) is 6.08 Å². The minimum atomic E-state index is -0.495. The summed E-state index contributed by atoms with van der Waals surface area (Å²) in [6, 6.07) is 0. The molecule has 3 saturated carbocycles. The van der Waals surface area contributed by atoms with E-state index in [1.165, 1.54) is 24.8 Å². The molecule has 0 aromatic rings. The zero-order valence-corrected chi connectivity index (χ0v) is 15.2. The largest absolute Gasteiger partial charge is 0.390 e. The maximum Gasteiger partial charge on any atom is 0.155 e. The van der Waals surface area contributed by atoms with Gasteiger partial charge in [-0.15, -0.1) is 0 Å². The van der Waals surface area contributed by atoms with Crippen LogP contribution in [0.1, 0.15) is 72.6 Å². The smallest absolute Gasteiger partial charge is 0.155 e. The summed E-state index contributed by atoms with van der Waals surface area (Å²) in [7, 11) is 0. The first-order valence-electron chi connectivity index (χ1n) is 9.66. The lowest BCUT2D eigenvalue weighted by atomic mass is 9.45. The summed E-state index contributed by atoms with van der Waals surface area (Å²) >= 11 is 0. The second-order valence-corrected chi connectivity index (χ2v) is 9.77.